The van der Waals surface area contributed by atoms with E-state index in [1.807, 2.05) is 48.5 Å². The van der Waals surface area contributed by atoms with E-state index in [4.69, 9.17) is 4.74 Å². The number of methoxy groups -OCH3 is 1. The third kappa shape index (κ3) is 2.15. The van der Waals surface area contributed by atoms with E-state index in [0.29, 0.717) is 25.3 Å². The first-order valence-electron chi connectivity index (χ1n) is 8.38. The molecular formula is C20H20N2O3. The Hall–Kier alpha value is -2.82. The van der Waals surface area contributed by atoms with Crippen LogP contribution in [0.4, 0.5) is 5.69 Å². The highest BCUT2D eigenvalue weighted by Gasteiger charge is 2.60. The van der Waals surface area contributed by atoms with Gasteiger partial charge >= 0.3 is 0 Å². The minimum absolute atomic E-state index is 0.123. The van der Waals surface area contributed by atoms with E-state index in [9.17, 15) is 9.59 Å². The van der Waals surface area contributed by atoms with Gasteiger partial charge in [0.05, 0.1) is 13.7 Å². The second-order valence-corrected chi connectivity index (χ2v) is 6.64. The molecule has 2 amide bonds. The molecule has 1 spiro atoms. The summed E-state index contributed by atoms with van der Waals surface area (Å²) in [7, 11) is 3.35. The fourth-order valence-electron chi connectivity index (χ4n) is 3.92. The maximum Gasteiger partial charge on any atom is 0.247 e. The number of likely N-dealkylation sites (N-methyl/N-ethyl adjacent to an activating group) is 1. The lowest BCUT2D eigenvalue weighted by molar-refractivity contribution is -0.137. The average Bonchev–Trinajstić information content (AvgIpc) is 3.07. The van der Waals surface area contributed by atoms with Crippen LogP contribution in [0.1, 0.15) is 17.5 Å². The van der Waals surface area contributed by atoms with Gasteiger partial charge in [0.25, 0.3) is 0 Å². The van der Waals surface area contributed by atoms with Crippen LogP contribution in [0, 0.1) is 0 Å². The van der Waals surface area contributed by atoms with Crippen molar-refractivity contribution < 1.29 is 14.3 Å². The van der Waals surface area contributed by atoms with Crippen molar-refractivity contribution in [1.29, 1.82) is 0 Å². The predicted octanol–water partition coefficient (Wildman–Crippen LogP) is 2.34. The number of nitrogens with zero attached hydrogens (tertiary/aromatic N) is 2. The van der Waals surface area contributed by atoms with Crippen LogP contribution in [0.15, 0.2) is 48.5 Å². The number of carbonyl (C=O) groups excluding carboxylic acids is 2. The van der Waals surface area contributed by atoms with Gasteiger partial charge in [-0.15, -0.1) is 0 Å². The molecule has 0 bridgehead atoms. The predicted molar refractivity (Wildman–Crippen MR) is 94.6 cm³/mol. The summed E-state index contributed by atoms with van der Waals surface area (Å²) >= 11 is 0. The summed E-state index contributed by atoms with van der Waals surface area (Å²) in [5.74, 6) is 0.409. The Morgan fingerprint density at radius 1 is 1.08 bits per heavy atom. The van der Waals surface area contributed by atoms with Crippen molar-refractivity contribution in [3.63, 3.8) is 0 Å². The van der Waals surface area contributed by atoms with Crippen LogP contribution >= 0.6 is 0 Å². The summed E-state index contributed by atoms with van der Waals surface area (Å²) in [6.07, 6.45) is 0.507. The Balaban J connectivity index is 1.84. The molecule has 0 saturated carbocycles. The molecule has 2 aromatic carbocycles. The summed E-state index contributed by atoms with van der Waals surface area (Å²) in [6.45, 7) is 1.04. The molecule has 128 valence electrons. The Bertz CT molecular complexity index is 849. The number of amides is 2. The number of fused-ring (bicyclic) bond motifs is 2. The van der Waals surface area contributed by atoms with E-state index in [1.165, 1.54) is 0 Å². The van der Waals surface area contributed by atoms with Crippen LogP contribution in [0.3, 0.4) is 0 Å². The number of hydrogen-bond acceptors (Lipinski definition) is 3. The van der Waals surface area contributed by atoms with Gasteiger partial charge in [0.1, 0.15) is 5.75 Å². The monoisotopic (exact) mass is 336 g/mol. The zero-order valence-corrected chi connectivity index (χ0v) is 14.4. The van der Waals surface area contributed by atoms with Crippen molar-refractivity contribution >= 4 is 17.5 Å². The zero-order chi connectivity index (χ0) is 17.6. The Kier molecular flexibility index (Phi) is 3.53. The SMILES string of the molecule is COc1ccc2c(c1)[C@]1(CCN(C)C1=O)C(=O)N2Cc1ccccc1. The average molecular weight is 336 g/mol. The van der Waals surface area contributed by atoms with Crippen molar-refractivity contribution in [2.45, 2.75) is 18.4 Å². The van der Waals surface area contributed by atoms with Crippen LogP contribution < -0.4 is 9.64 Å². The lowest BCUT2D eigenvalue weighted by Gasteiger charge is -2.22. The van der Waals surface area contributed by atoms with Crippen LogP contribution in [-0.4, -0.2) is 37.4 Å². The highest BCUT2D eigenvalue weighted by molar-refractivity contribution is 6.22. The minimum atomic E-state index is -1.10. The molecule has 5 heteroatoms. The van der Waals surface area contributed by atoms with Gasteiger partial charge in [-0.25, -0.2) is 0 Å². The first-order valence-corrected chi connectivity index (χ1v) is 8.38. The largest absolute Gasteiger partial charge is 0.497 e. The molecule has 0 N–H and O–H groups in total. The zero-order valence-electron chi connectivity index (χ0n) is 14.4. The van der Waals surface area contributed by atoms with E-state index in [2.05, 4.69) is 0 Å². The number of ether oxygens (including phenoxy) is 1. The van der Waals surface area contributed by atoms with E-state index in [0.717, 1.165) is 16.8 Å². The van der Waals surface area contributed by atoms with Crippen molar-refractivity contribution in [2.24, 2.45) is 0 Å². The standard InChI is InChI=1S/C20H20N2O3/c1-21-11-10-20(18(21)23)16-12-15(25-2)8-9-17(16)22(19(20)24)13-14-6-4-3-5-7-14/h3-9,12H,10-11,13H2,1-2H3/t20-/m0/s1. The maximum atomic E-state index is 13.4. The number of hydrogen-bond donors (Lipinski definition) is 0. The fourth-order valence-corrected chi connectivity index (χ4v) is 3.92. The van der Waals surface area contributed by atoms with Crippen LogP contribution in [-0.2, 0) is 21.5 Å². The van der Waals surface area contributed by atoms with Crippen LogP contribution in [0.5, 0.6) is 5.75 Å². The van der Waals surface area contributed by atoms with Gasteiger partial charge in [0.2, 0.25) is 11.8 Å². The molecule has 5 nitrogen and oxygen atoms in total. The van der Waals surface area contributed by atoms with Crippen LogP contribution in [0.2, 0.25) is 0 Å². The molecule has 2 aromatic rings. The third-order valence-electron chi connectivity index (χ3n) is 5.28. The topological polar surface area (TPSA) is 49.9 Å². The molecule has 0 aliphatic carbocycles. The van der Waals surface area contributed by atoms with Crippen molar-refractivity contribution in [1.82, 2.24) is 4.90 Å². The van der Waals surface area contributed by atoms with Crippen molar-refractivity contribution in [2.75, 3.05) is 25.6 Å². The summed E-state index contributed by atoms with van der Waals surface area (Å²) in [5.41, 5.74) is 1.50. The molecular weight excluding hydrogens is 316 g/mol. The molecule has 25 heavy (non-hydrogen) atoms. The van der Waals surface area contributed by atoms with E-state index >= 15 is 0 Å². The summed E-state index contributed by atoms with van der Waals surface area (Å²) < 4.78 is 5.34. The van der Waals surface area contributed by atoms with Crippen molar-refractivity contribution in [3.05, 3.63) is 59.7 Å². The summed E-state index contributed by atoms with van der Waals surface area (Å²) in [5, 5.41) is 0. The highest BCUT2D eigenvalue weighted by Crippen LogP contribution is 2.49. The summed E-state index contributed by atoms with van der Waals surface area (Å²) in [4.78, 5) is 29.7. The Labute approximate surface area is 146 Å². The van der Waals surface area contributed by atoms with Gasteiger partial charge in [-0.1, -0.05) is 30.3 Å². The molecule has 2 aliphatic heterocycles. The third-order valence-corrected chi connectivity index (χ3v) is 5.28. The molecule has 4 rings (SSSR count). The maximum absolute atomic E-state index is 13.4. The minimum Gasteiger partial charge on any atom is -0.497 e. The normalized spacial score (nSPS) is 22.0. The van der Waals surface area contributed by atoms with E-state index in [-0.39, 0.29) is 11.8 Å². The molecule has 1 fully saturated rings. The van der Waals surface area contributed by atoms with Gasteiger partial charge < -0.3 is 14.5 Å². The molecule has 2 aliphatic rings. The van der Waals surface area contributed by atoms with Gasteiger partial charge in [0.15, 0.2) is 5.41 Å². The smallest absolute Gasteiger partial charge is 0.247 e. The van der Waals surface area contributed by atoms with Gasteiger partial charge in [-0.3, -0.25) is 9.59 Å². The number of carbonyl (C=O) groups is 2. The van der Waals surface area contributed by atoms with Gasteiger partial charge in [-0.05, 0) is 30.2 Å². The number of benzene rings is 2. The Morgan fingerprint density at radius 2 is 1.84 bits per heavy atom. The fraction of sp³-hybridized carbons (Fsp3) is 0.300. The lowest BCUT2D eigenvalue weighted by Crippen LogP contribution is -2.45. The highest BCUT2D eigenvalue weighted by atomic mass is 16.5. The molecule has 1 saturated heterocycles. The molecule has 2 heterocycles. The van der Waals surface area contributed by atoms with Gasteiger partial charge in [0, 0.05) is 24.8 Å². The van der Waals surface area contributed by atoms with E-state index in [1.54, 1.807) is 24.0 Å². The number of likely N-dealkylation sites (tertiary alicyclic amines) is 1. The molecule has 1 atom stereocenters. The number of rotatable bonds is 3. The first kappa shape index (κ1) is 15.7. The van der Waals surface area contributed by atoms with Crippen LogP contribution in [0.25, 0.3) is 0 Å². The first-order chi connectivity index (χ1) is 12.1. The number of anilines is 1. The lowest BCUT2D eigenvalue weighted by atomic mass is 9.80. The second-order valence-electron chi connectivity index (χ2n) is 6.64. The van der Waals surface area contributed by atoms with Crippen molar-refractivity contribution in [3.8, 4) is 5.75 Å². The van der Waals surface area contributed by atoms with E-state index < -0.39 is 5.41 Å². The quantitative estimate of drug-likeness (QED) is 0.809. The molecule has 0 unspecified atom stereocenters. The Morgan fingerprint density at radius 3 is 2.48 bits per heavy atom. The molecule has 0 aromatic heterocycles. The molecule has 0 radical (unpaired) electrons. The second kappa shape index (κ2) is 5.62. The summed E-state index contributed by atoms with van der Waals surface area (Å²) in [6, 6.07) is 15.4. The van der Waals surface area contributed by atoms with Gasteiger partial charge in [-0.2, -0.15) is 0 Å².